The first-order valence-electron chi connectivity index (χ1n) is 6.10. The van der Waals surface area contributed by atoms with E-state index < -0.39 is 5.97 Å². The van der Waals surface area contributed by atoms with E-state index in [0.717, 1.165) is 11.3 Å². The lowest BCUT2D eigenvalue weighted by molar-refractivity contribution is 0.0607. The lowest BCUT2D eigenvalue weighted by Crippen LogP contribution is -2.02. The number of thiophene rings is 1. The molecule has 1 heterocycles. The summed E-state index contributed by atoms with van der Waals surface area (Å²) < 4.78 is 23.4. The van der Waals surface area contributed by atoms with E-state index >= 15 is 0 Å². The van der Waals surface area contributed by atoms with Gasteiger partial charge < -0.3 is 20.5 Å². The second-order valence-electron chi connectivity index (χ2n) is 4.14. The van der Waals surface area contributed by atoms with Gasteiger partial charge in [-0.2, -0.15) is 0 Å². The minimum atomic E-state index is -0.533. The third kappa shape index (κ3) is 3.08. The average Bonchev–Trinajstić information content (AvgIpc) is 2.81. The number of benzene rings is 1. The largest absolute Gasteiger partial charge is 0.492 e. The Hall–Kier alpha value is -2.28. The molecular weight excluding hydrogens is 295 g/mol. The summed E-state index contributed by atoms with van der Waals surface area (Å²) in [5.41, 5.74) is 6.58. The molecule has 0 saturated carbocycles. The van der Waals surface area contributed by atoms with Crippen LogP contribution in [0.25, 0.3) is 0 Å². The first kappa shape index (κ1) is 15.1. The molecule has 0 spiro atoms. The number of hydrogen-bond acceptors (Lipinski definition) is 6. The highest BCUT2D eigenvalue weighted by molar-refractivity contribution is 7.19. The number of hydrogen-bond donors (Lipinski definition) is 2. The highest BCUT2D eigenvalue weighted by Crippen LogP contribution is 2.42. The van der Waals surface area contributed by atoms with Gasteiger partial charge in [0.2, 0.25) is 0 Å². The molecule has 3 N–H and O–H groups in total. The van der Waals surface area contributed by atoms with Crippen LogP contribution < -0.4 is 15.8 Å². The summed E-state index contributed by atoms with van der Waals surface area (Å²) in [6.07, 6.45) is 0. The molecule has 5 nitrogen and oxygen atoms in total. The SMILES string of the molecule is COC(=O)c1sc(NCc2ccccc2F)c(OC)c1N. The summed E-state index contributed by atoms with van der Waals surface area (Å²) in [5, 5.41) is 3.58. The van der Waals surface area contributed by atoms with E-state index in [2.05, 4.69) is 10.1 Å². The molecule has 0 amide bonds. The van der Waals surface area contributed by atoms with Crippen molar-refractivity contribution in [2.24, 2.45) is 0 Å². The van der Waals surface area contributed by atoms with Crippen LogP contribution in [0.3, 0.4) is 0 Å². The van der Waals surface area contributed by atoms with E-state index in [4.69, 9.17) is 10.5 Å². The summed E-state index contributed by atoms with van der Waals surface area (Å²) in [6, 6.07) is 6.43. The first-order chi connectivity index (χ1) is 10.1. The molecule has 0 aliphatic rings. The number of carbonyl (C=O) groups excluding carboxylic acids is 1. The summed E-state index contributed by atoms with van der Waals surface area (Å²) in [4.78, 5) is 11.9. The third-order valence-corrected chi connectivity index (χ3v) is 4.00. The Balaban J connectivity index is 2.24. The van der Waals surface area contributed by atoms with Crippen LogP contribution in [0, 0.1) is 5.82 Å². The zero-order chi connectivity index (χ0) is 15.4. The molecule has 1 aromatic heterocycles. The van der Waals surface area contributed by atoms with Gasteiger partial charge in [0.15, 0.2) is 5.75 Å². The second kappa shape index (κ2) is 6.45. The van der Waals surface area contributed by atoms with E-state index in [1.807, 2.05) is 0 Å². The Kier molecular flexibility index (Phi) is 4.64. The molecule has 0 radical (unpaired) electrons. The van der Waals surface area contributed by atoms with Gasteiger partial charge in [-0.15, -0.1) is 11.3 Å². The Bertz CT molecular complexity index is 658. The van der Waals surface area contributed by atoms with Crippen LogP contribution in [0.15, 0.2) is 24.3 Å². The Morgan fingerprint density at radius 1 is 1.38 bits per heavy atom. The van der Waals surface area contributed by atoms with E-state index in [1.165, 1.54) is 20.3 Å². The van der Waals surface area contributed by atoms with E-state index in [-0.39, 0.29) is 22.9 Å². The standard InChI is InChI=1S/C14H15FN2O3S/c1-19-11-10(16)12(14(18)20-2)21-13(11)17-7-8-5-3-4-6-9(8)15/h3-6,17H,7,16H2,1-2H3. The van der Waals surface area contributed by atoms with Gasteiger partial charge in [-0.1, -0.05) is 18.2 Å². The molecule has 0 atom stereocenters. The number of nitrogen functional groups attached to an aromatic ring is 1. The van der Waals surface area contributed by atoms with Crippen molar-refractivity contribution in [3.05, 3.63) is 40.5 Å². The quantitative estimate of drug-likeness (QED) is 0.831. The van der Waals surface area contributed by atoms with Crippen molar-refractivity contribution in [2.75, 3.05) is 25.3 Å². The molecule has 1 aromatic carbocycles. The van der Waals surface area contributed by atoms with Crippen molar-refractivity contribution in [3.63, 3.8) is 0 Å². The summed E-state index contributed by atoms with van der Waals surface area (Å²) in [5.74, 6) is -0.479. The molecule has 0 unspecified atom stereocenters. The van der Waals surface area contributed by atoms with Crippen LogP contribution in [-0.2, 0) is 11.3 Å². The average molecular weight is 310 g/mol. The van der Waals surface area contributed by atoms with Crippen molar-refractivity contribution in [3.8, 4) is 5.75 Å². The summed E-state index contributed by atoms with van der Waals surface area (Å²) in [7, 11) is 2.73. The number of nitrogens with two attached hydrogens (primary N) is 1. The molecule has 0 aliphatic carbocycles. The number of esters is 1. The van der Waals surface area contributed by atoms with Crippen molar-refractivity contribution in [1.82, 2.24) is 0 Å². The van der Waals surface area contributed by atoms with Crippen molar-refractivity contribution < 1.29 is 18.7 Å². The molecule has 21 heavy (non-hydrogen) atoms. The van der Waals surface area contributed by atoms with Gasteiger partial charge in [-0.25, -0.2) is 9.18 Å². The number of halogens is 1. The number of nitrogens with one attached hydrogen (secondary N) is 1. The monoisotopic (exact) mass is 310 g/mol. The van der Waals surface area contributed by atoms with Crippen LogP contribution in [0.4, 0.5) is 15.1 Å². The van der Waals surface area contributed by atoms with Crippen LogP contribution in [0.1, 0.15) is 15.2 Å². The third-order valence-electron chi connectivity index (χ3n) is 2.87. The fourth-order valence-electron chi connectivity index (χ4n) is 1.81. The van der Waals surface area contributed by atoms with Crippen LogP contribution >= 0.6 is 11.3 Å². The van der Waals surface area contributed by atoms with Crippen molar-refractivity contribution >= 4 is 28.0 Å². The maximum Gasteiger partial charge on any atom is 0.350 e. The van der Waals surface area contributed by atoms with Gasteiger partial charge in [0, 0.05) is 12.1 Å². The van der Waals surface area contributed by atoms with E-state index in [1.54, 1.807) is 18.2 Å². The molecule has 112 valence electrons. The smallest absolute Gasteiger partial charge is 0.350 e. The summed E-state index contributed by atoms with van der Waals surface area (Å²) in [6.45, 7) is 0.254. The zero-order valence-electron chi connectivity index (χ0n) is 11.6. The van der Waals surface area contributed by atoms with Gasteiger partial charge in [0.25, 0.3) is 0 Å². The maximum absolute atomic E-state index is 13.6. The molecule has 2 rings (SSSR count). The van der Waals surface area contributed by atoms with E-state index in [9.17, 15) is 9.18 Å². The van der Waals surface area contributed by atoms with Crippen LogP contribution in [-0.4, -0.2) is 20.2 Å². The summed E-state index contributed by atoms with van der Waals surface area (Å²) >= 11 is 1.11. The predicted molar refractivity (Wildman–Crippen MR) is 80.3 cm³/mol. The molecule has 0 saturated heterocycles. The minimum absolute atomic E-state index is 0.213. The number of methoxy groups -OCH3 is 2. The predicted octanol–water partition coefficient (Wildman–Crippen LogP) is 2.88. The van der Waals surface area contributed by atoms with Gasteiger partial charge in [0.05, 0.1) is 14.2 Å². The van der Waals surface area contributed by atoms with Crippen LogP contribution in [0.5, 0.6) is 5.75 Å². The van der Waals surface area contributed by atoms with Gasteiger partial charge in [-0.3, -0.25) is 0 Å². The molecule has 0 bridgehead atoms. The van der Waals surface area contributed by atoms with Gasteiger partial charge in [0.1, 0.15) is 21.4 Å². The molecule has 0 aliphatic heterocycles. The fourth-order valence-corrected chi connectivity index (χ4v) is 2.81. The highest BCUT2D eigenvalue weighted by atomic mass is 32.1. The Morgan fingerprint density at radius 2 is 2.10 bits per heavy atom. The van der Waals surface area contributed by atoms with E-state index in [0.29, 0.717) is 16.3 Å². The second-order valence-corrected chi connectivity index (χ2v) is 5.16. The van der Waals surface area contributed by atoms with Crippen molar-refractivity contribution in [1.29, 1.82) is 0 Å². The molecule has 7 heteroatoms. The zero-order valence-corrected chi connectivity index (χ0v) is 12.4. The number of rotatable bonds is 5. The molecular formula is C14H15FN2O3S. The lowest BCUT2D eigenvalue weighted by Gasteiger charge is -2.07. The highest BCUT2D eigenvalue weighted by Gasteiger charge is 2.22. The first-order valence-corrected chi connectivity index (χ1v) is 6.92. The van der Waals surface area contributed by atoms with Crippen molar-refractivity contribution in [2.45, 2.75) is 6.54 Å². The maximum atomic E-state index is 13.6. The topological polar surface area (TPSA) is 73.6 Å². The normalized spacial score (nSPS) is 10.2. The number of carbonyl (C=O) groups is 1. The lowest BCUT2D eigenvalue weighted by atomic mass is 10.2. The molecule has 0 fully saturated rings. The fraction of sp³-hybridized carbons (Fsp3) is 0.214. The number of ether oxygens (including phenoxy) is 2. The van der Waals surface area contributed by atoms with Crippen LogP contribution in [0.2, 0.25) is 0 Å². The van der Waals surface area contributed by atoms with Gasteiger partial charge in [-0.05, 0) is 6.07 Å². The Labute approximate surface area is 125 Å². The molecule has 2 aromatic rings. The number of anilines is 2. The van der Waals surface area contributed by atoms with Gasteiger partial charge >= 0.3 is 5.97 Å². The minimum Gasteiger partial charge on any atom is -0.492 e. The Morgan fingerprint density at radius 3 is 2.71 bits per heavy atom.